The molecule has 1 fully saturated rings. The lowest BCUT2D eigenvalue weighted by Crippen LogP contribution is -2.32. The van der Waals surface area contributed by atoms with Crippen molar-refractivity contribution in [2.24, 2.45) is 0 Å². The van der Waals surface area contributed by atoms with Crippen molar-refractivity contribution in [2.45, 2.75) is 22.6 Å². The van der Waals surface area contributed by atoms with Gasteiger partial charge in [0, 0.05) is 22.8 Å². The predicted octanol–water partition coefficient (Wildman–Crippen LogP) is 6.28. The first kappa shape index (κ1) is 25.3. The van der Waals surface area contributed by atoms with Gasteiger partial charge in [-0.1, -0.05) is 72.1 Å². The number of anilines is 2. The molecule has 2 amide bonds. The van der Waals surface area contributed by atoms with Crippen LogP contribution in [0, 0.1) is 0 Å². The summed E-state index contributed by atoms with van der Waals surface area (Å²) in [7, 11) is 1.33. The number of benzene rings is 3. The molecule has 1 saturated heterocycles. The summed E-state index contributed by atoms with van der Waals surface area (Å²) in [5, 5.41) is 0. The van der Waals surface area contributed by atoms with E-state index in [0.29, 0.717) is 27.8 Å². The van der Waals surface area contributed by atoms with Crippen LogP contribution in [-0.4, -0.2) is 40.7 Å². The lowest BCUT2D eigenvalue weighted by atomic mass is 10.1. The molecule has 6 nitrogen and oxygen atoms in total. The molecule has 0 spiro atoms. The Kier molecular flexibility index (Phi) is 7.45. The van der Waals surface area contributed by atoms with E-state index in [2.05, 4.69) is 0 Å². The Hall–Kier alpha value is -3.40. The maximum absolute atomic E-state index is 13.4. The topological polar surface area (TPSA) is 66.9 Å². The fourth-order valence-electron chi connectivity index (χ4n) is 4.15. The van der Waals surface area contributed by atoms with Crippen LogP contribution in [0.2, 0.25) is 0 Å². The van der Waals surface area contributed by atoms with Gasteiger partial charge < -0.3 is 4.74 Å². The van der Waals surface area contributed by atoms with Gasteiger partial charge in [-0.05, 0) is 54.5 Å². The van der Waals surface area contributed by atoms with E-state index in [-0.39, 0.29) is 18.2 Å². The van der Waals surface area contributed by atoms with E-state index in [9.17, 15) is 14.4 Å². The number of amides is 2. The lowest BCUT2D eigenvalue weighted by molar-refractivity contribution is -0.123. The molecule has 2 aliphatic rings. The lowest BCUT2D eigenvalue weighted by Gasteiger charge is -2.31. The summed E-state index contributed by atoms with van der Waals surface area (Å²) in [6, 6.07) is 22.6. The van der Waals surface area contributed by atoms with E-state index in [1.807, 2.05) is 48.5 Å². The standard InChI is InChI=1S/C28H22N2O4S3/c1-34-27(33)19-14-12-18(13-15-19)17-24-26(32)29(28(35)37-24)16-6-11-25(31)30-20-7-2-4-9-22(20)36-23-10-5-3-8-21(23)30/h2-5,7-10,12-15,17H,6,11,16H2,1H3/b24-17-. The Balaban J connectivity index is 1.24. The maximum Gasteiger partial charge on any atom is 0.337 e. The number of thiocarbonyl (C=S) groups is 1. The number of thioether (sulfide) groups is 1. The fraction of sp³-hybridized carbons (Fsp3) is 0.143. The summed E-state index contributed by atoms with van der Waals surface area (Å²) in [5.41, 5.74) is 2.98. The maximum atomic E-state index is 13.4. The molecule has 3 aromatic carbocycles. The Bertz CT molecular complexity index is 1390. The fourth-order valence-corrected chi connectivity index (χ4v) is 6.52. The first-order chi connectivity index (χ1) is 18.0. The number of hydrogen-bond donors (Lipinski definition) is 0. The normalized spacial score (nSPS) is 15.5. The first-order valence-electron chi connectivity index (χ1n) is 11.6. The molecule has 3 aromatic rings. The quantitative estimate of drug-likeness (QED) is 0.205. The highest BCUT2D eigenvalue weighted by atomic mass is 32.2. The predicted molar refractivity (Wildman–Crippen MR) is 151 cm³/mol. The molecule has 0 bridgehead atoms. The molecule has 0 atom stereocenters. The van der Waals surface area contributed by atoms with Gasteiger partial charge in [0.15, 0.2) is 0 Å². The van der Waals surface area contributed by atoms with Gasteiger partial charge in [0.2, 0.25) is 5.91 Å². The average molecular weight is 547 g/mol. The second-order valence-electron chi connectivity index (χ2n) is 8.32. The van der Waals surface area contributed by atoms with Crippen molar-refractivity contribution in [2.75, 3.05) is 18.6 Å². The SMILES string of the molecule is COC(=O)c1ccc(/C=C2\SC(=S)N(CCCC(=O)N3c4ccccc4Sc4ccccc43)C2=O)cc1. The van der Waals surface area contributed by atoms with Gasteiger partial charge in [0.1, 0.15) is 4.32 Å². The van der Waals surface area contributed by atoms with Gasteiger partial charge in [-0.3, -0.25) is 19.4 Å². The van der Waals surface area contributed by atoms with Gasteiger partial charge >= 0.3 is 5.97 Å². The Morgan fingerprint density at radius 1 is 0.919 bits per heavy atom. The van der Waals surface area contributed by atoms with Crippen LogP contribution in [0.3, 0.4) is 0 Å². The molecular weight excluding hydrogens is 525 g/mol. The number of fused-ring (bicyclic) bond motifs is 2. The number of methoxy groups -OCH3 is 1. The first-order valence-corrected chi connectivity index (χ1v) is 13.6. The zero-order chi connectivity index (χ0) is 25.9. The molecule has 0 unspecified atom stereocenters. The third-order valence-electron chi connectivity index (χ3n) is 5.96. The van der Waals surface area contributed by atoms with Crippen molar-refractivity contribution in [3.63, 3.8) is 0 Å². The Labute approximate surface area is 228 Å². The molecule has 0 saturated carbocycles. The molecule has 0 aliphatic carbocycles. The highest BCUT2D eigenvalue weighted by Crippen LogP contribution is 2.48. The monoisotopic (exact) mass is 546 g/mol. The van der Waals surface area contributed by atoms with E-state index < -0.39 is 5.97 Å². The largest absolute Gasteiger partial charge is 0.465 e. The summed E-state index contributed by atoms with van der Waals surface area (Å²) in [6.07, 6.45) is 2.52. The minimum Gasteiger partial charge on any atom is -0.465 e. The number of nitrogens with zero attached hydrogens (tertiary/aromatic N) is 2. The molecule has 37 heavy (non-hydrogen) atoms. The van der Waals surface area contributed by atoms with Crippen molar-refractivity contribution in [3.05, 3.63) is 88.8 Å². The Morgan fingerprint density at radius 3 is 2.16 bits per heavy atom. The molecule has 9 heteroatoms. The molecule has 0 radical (unpaired) electrons. The molecular formula is C28H22N2O4S3. The molecule has 0 aromatic heterocycles. The highest BCUT2D eigenvalue weighted by molar-refractivity contribution is 8.26. The molecule has 0 N–H and O–H groups in total. The number of ether oxygens (including phenoxy) is 1. The van der Waals surface area contributed by atoms with Crippen LogP contribution in [-0.2, 0) is 14.3 Å². The van der Waals surface area contributed by atoms with E-state index in [1.165, 1.54) is 18.9 Å². The number of rotatable bonds is 6. The molecule has 186 valence electrons. The second kappa shape index (κ2) is 10.9. The van der Waals surface area contributed by atoms with Crippen molar-refractivity contribution in [1.29, 1.82) is 0 Å². The van der Waals surface area contributed by atoms with Crippen LogP contribution in [0.1, 0.15) is 28.8 Å². The van der Waals surface area contributed by atoms with Gasteiger partial charge in [0.25, 0.3) is 5.91 Å². The van der Waals surface area contributed by atoms with Crippen LogP contribution in [0.25, 0.3) is 6.08 Å². The van der Waals surface area contributed by atoms with E-state index in [4.69, 9.17) is 17.0 Å². The third kappa shape index (κ3) is 5.20. The number of carbonyl (C=O) groups excluding carboxylic acids is 3. The molecule has 2 aliphatic heterocycles. The third-order valence-corrected chi connectivity index (χ3v) is 8.47. The average Bonchev–Trinajstić information content (AvgIpc) is 3.18. The summed E-state index contributed by atoms with van der Waals surface area (Å²) in [6.45, 7) is 0.362. The van der Waals surface area contributed by atoms with Crippen LogP contribution in [0.15, 0.2) is 87.5 Å². The minimum absolute atomic E-state index is 0.0214. The summed E-state index contributed by atoms with van der Waals surface area (Å²) in [4.78, 5) is 44.0. The van der Waals surface area contributed by atoms with Crippen LogP contribution in [0.4, 0.5) is 11.4 Å². The number of hydrogen-bond acceptors (Lipinski definition) is 7. The van der Waals surface area contributed by atoms with Gasteiger partial charge in [0.05, 0.1) is 29.0 Å². The minimum atomic E-state index is -0.414. The second-order valence-corrected chi connectivity index (χ2v) is 11.1. The zero-order valence-electron chi connectivity index (χ0n) is 19.9. The number of esters is 1. The number of carbonyl (C=O) groups is 3. The molecule has 5 rings (SSSR count). The summed E-state index contributed by atoms with van der Waals surface area (Å²) < 4.78 is 5.19. The smallest absolute Gasteiger partial charge is 0.337 e. The van der Waals surface area contributed by atoms with Gasteiger partial charge in [-0.25, -0.2) is 4.79 Å². The zero-order valence-corrected chi connectivity index (χ0v) is 22.3. The van der Waals surface area contributed by atoms with Gasteiger partial charge in [-0.15, -0.1) is 0 Å². The van der Waals surface area contributed by atoms with Crippen molar-refractivity contribution in [1.82, 2.24) is 4.90 Å². The van der Waals surface area contributed by atoms with Crippen molar-refractivity contribution < 1.29 is 19.1 Å². The van der Waals surface area contributed by atoms with E-state index in [1.54, 1.807) is 51.9 Å². The van der Waals surface area contributed by atoms with Crippen LogP contribution in [0.5, 0.6) is 0 Å². The summed E-state index contributed by atoms with van der Waals surface area (Å²) in [5.74, 6) is -0.612. The van der Waals surface area contributed by atoms with Gasteiger partial charge in [-0.2, -0.15) is 0 Å². The van der Waals surface area contributed by atoms with Crippen LogP contribution >= 0.6 is 35.7 Å². The van der Waals surface area contributed by atoms with Crippen molar-refractivity contribution >= 4 is 75.3 Å². The van der Waals surface area contributed by atoms with E-state index in [0.717, 1.165) is 26.7 Å². The summed E-state index contributed by atoms with van der Waals surface area (Å²) >= 11 is 8.35. The Morgan fingerprint density at radius 2 is 1.54 bits per heavy atom. The van der Waals surface area contributed by atoms with Crippen molar-refractivity contribution in [3.8, 4) is 0 Å². The molecule has 2 heterocycles. The number of para-hydroxylation sites is 2. The van der Waals surface area contributed by atoms with E-state index >= 15 is 0 Å². The van der Waals surface area contributed by atoms with Crippen LogP contribution < -0.4 is 4.90 Å². The highest BCUT2D eigenvalue weighted by Gasteiger charge is 2.32.